The number of imide groups is 1. The van der Waals surface area contributed by atoms with E-state index in [1.54, 1.807) is 11.3 Å². The van der Waals surface area contributed by atoms with Gasteiger partial charge in [-0.05, 0) is 30.7 Å². The Morgan fingerprint density at radius 3 is 3.10 bits per heavy atom. The van der Waals surface area contributed by atoms with Gasteiger partial charge < -0.3 is 10.1 Å². The Labute approximate surface area is 126 Å². The van der Waals surface area contributed by atoms with Crippen LogP contribution in [0, 0.1) is 0 Å². The average molecular weight is 308 g/mol. The molecule has 1 atom stereocenters. The maximum Gasteiger partial charge on any atom is 0.325 e. The maximum atomic E-state index is 12.7. The number of methoxy groups -OCH3 is 1. The minimum atomic E-state index is -0.930. The molecule has 0 aromatic carbocycles. The lowest BCUT2D eigenvalue weighted by Crippen LogP contribution is -2.46. The molecule has 112 valence electrons. The second-order valence-corrected chi connectivity index (χ2v) is 6.23. The molecule has 3 amide bonds. The zero-order valence-corrected chi connectivity index (χ0v) is 12.5. The van der Waals surface area contributed by atoms with Gasteiger partial charge in [0.2, 0.25) is 0 Å². The first-order chi connectivity index (χ1) is 10.1. The fourth-order valence-corrected chi connectivity index (χ4v) is 4.05. The molecule has 21 heavy (non-hydrogen) atoms. The number of esters is 1. The van der Waals surface area contributed by atoms with Crippen LogP contribution in [-0.4, -0.2) is 36.5 Å². The lowest BCUT2D eigenvalue weighted by Gasteiger charge is -2.31. The summed E-state index contributed by atoms with van der Waals surface area (Å²) in [6.07, 6.45) is 2.43. The Morgan fingerprint density at radius 2 is 2.33 bits per heavy atom. The fraction of sp³-hybridized carbons (Fsp3) is 0.500. The number of hydrogen-bond acceptors (Lipinski definition) is 5. The molecule has 2 aliphatic rings. The highest BCUT2D eigenvalue weighted by Gasteiger charge is 2.54. The first-order valence-corrected chi connectivity index (χ1v) is 7.74. The van der Waals surface area contributed by atoms with Gasteiger partial charge in [-0.25, -0.2) is 4.79 Å². The van der Waals surface area contributed by atoms with E-state index in [4.69, 9.17) is 0 Å². The molecule has 1 aliphatic heterocycles. The van der Waals surface area contributed by atoms with E-state index in [9.17, 15) is 14.4 Å². The summed E-state index contributed by atoms with van der Waals surface area (Å²) >= 11 is 1.62. The first kappa shape index (κ1) is 14.1. The number of ether oxygens (including phenoxy) is 1. The summed E-state index contributed by atoms with van der Waals surface area (Å²) in [5.41, 5.74) is -0.0153. The predicted octanol–water partition coefficient (Wildman–Crippen LogP) is 1.39. The van der Waals surface area contributed by atoms with Crippen molar-refractivity contribution in [2.75, 3.05) is 13.7 Å². The Hall–Kier alpha value is -1.89. The van der Waals surface area contributed by atoms with Crippen LogP contribution >= 0.6 is 11.3 Å². The number of amides is 3. The van der Waals surface area contributed by atoms with E-state index in [1.807, 2.05) is 11.4 Å². The highest BCUT2D eigenvalue weighted by atomic mass is 32.1. The number of nitrogens with one attached hydrogen (secondary N) is 1. The number of rotatable bonds is 3. The molecule has 1 aliphatic carbocycles. The zero-order valence-electron chi connectivity index (χ0n) is 11.7. The second kappa shape index (κ2) is 5.14. The van der Waals surface area contributed by atoms with Crippen LogP contribution in [0.15, 0.2) is 11.4 Å². The van der Waals surface area contributed by atoms with Crippen molar-refractivity contribution in [3.8, 4) is 0 Å². The highest BCUT2D eigenvalue weighted by Crippen LogP contribution is 2.42. The van der Waals surface area contributed by atoms with Gasteiger partial charge in [-0.15, -0.1) is 11.3 Å². The van der Waals surface area contributed by atoms with Crippen molar-refractivity contribution in [1.82, 2.24) is 10.2 Å². The van der Waals surface area contributed by atoms with Gasteiger partial charge in [-0.3, -0.25) is 14.5 Å². The molecular formula is C14H16N2O4S. The quantitative estimate of drug-likeness (QED) is 0.676. The Balaban J connectivity index is 1.86. The molecule has 1 aromatic heterocycles. The largest absolute Gasteiger partial charge is 0.469 e. The molecule has 2 heterocycles. The molecule has 6 nitrogen and oxygen atoms in total. The highest BCUT2D eigenvalue weighted by molar-refractivity contribution is 7.10. The number of aryl methyl sites for hydroxylation is 1. The molecule has 1 saturated heterocycles. The van der Waals surface area contributed by atoms with E-state index < -0.39 is 17.5 Å². The van der Waals surface area contributed by atoms with Crippen LogP contribution in [0.25, 0.3) is 0 Å². The molecule has 0 unspecified atom stereocenters. The normalized spacial score (nSPS) is 24.1. The van der Waals surface area contributed by atoms with Gasteiger partial charge in [0, 0.05) is 17.0 Å². The number of carbonyl (C=O) groups is 3. The van der Waals surface area contributed by atoms with E-state index in [0.717, 1.165) is 28.2 Å². The summed E-state index contributed by atoms with van der Waals surface area (Å²) < 4.78 is 4.55. The molecule has 1 spiro atoms. The van der Waals surface area contributed by atoms with Crippen molar-refractivity contribution >= 4 is 29.2 Å². The SMILES string of the molecule is COC(=O)CCN1C(=O)N[C@@]2(CCCc3sccc32)C1=O. The van der Waals surface area contributed by atoms with Gasteiger partial charge in [0.15, 0.2) is 0 Å². The predicted molar refractivity (Wildman–Crippen MR) is 75.8 cm³/mol. The minimum Gasteiger partial charge on any atom is -0.469 e. The van der Waals surface area contributed by atoms with Crippen molar-refractivity contribution in [3.63, 3.8) is 0 Å². The van der Waals surface area contributed by atoms with E-state index in [-0.39, 0.29) is 18.9 Å². The van der Waals surface area contributed by atoms with Gasteiger partial charge in [0.05, 0.1) is 13.5 Å². The van der Waals surface area contributed by atoms with Crippen LogP contribution < -0.4 is 5.32 Å². The topological polar surface area (TPSA) is 75.7 Å². The van der Waals surface area contributed by atoms with E-state index >= 15 is 0 Å². The number of fused-ring (bicyclic) bond motifs is 2. The summed E-state index contributed by atoms with van der Waals surface area (Å²) in [6.45, 7) is 0.0541. The third kappa shape index (κ3) is 2.12. The molecule has 0 radical (unpaired) electrons. The van der Waals surface area contributed by atoms with Crippen molar-refractivity contribution in [3.05, 3.63) is 21.9 Å². The summed E-state index contributed by atoms with van der Waals surface area (Å²) in [7, 11) is 1.29. The number of thiophene rings is 1. The Morgan fingerprint density at radius 1 is 1.52 bits per heavy atom. The standard InChI is InChI=1S/C14H16N2O4S/c1-20-11(17)4-7-16-12(18)14(15-13(16)19)6-2-3-10-9(14)5-8-21-10/h5,8H,2-4,6-7H2,1H3,(H,15,19)/t14-/m1/s1. The number of hydrogen-bond donors (Lipinski definition) is 1. The van der Waals surface area contributed by atoms with Gasteiger partial charge >= 0.3 is 12.0 Å². The minimum absolute atomic E-state index is 0.0161. The van der Waals surface area contributed by atoms with E-state index in [0.29, 0.717) is 6.42 Å². The van der Waals surface area contributed by atoms with Crippen LogP contribution in [-0.2, 0) is 26.3 Å². The second-order valence-electron chi connectivity index (χ2n) is 5.23. The molecule has 1 aromatic rings. The average Bonchev–Trinajstić information content (AvgIpc) is 3.04. The molecule has 3 rings (SSSR count). The fourth-order valence-electron chi connectivity index (χ4n) is 3.05. The number of nitrogens with zero attached hydrogens (tertiary/aromatic N) is 1. The van der Waals surface area contributed by atoms with Crippen LogP contribution in [0.3, 0.4) is 0 Å². The summed E-state index contributed by atoms with van der Waals surface area (Å²) in [6, 6.07) is 1.49. The van der Waals surface area contributed by atoms with Gasteiger partial charge in [-0.1, -0.05) is 0 Å². The molecule has 1 fully saturated rings. The lowest BCUT2D eigenvalue weighted by atomic mass is 9.80. The third-order valence-corrected chi connectivity index (χ3v) is 5.08. The zero-order chi connectivity index (χ0) is 15.0. The van der Waals surface area contributed by atoms with Crippen LogP contribution in [0.4, 0.5) is 4.79 Å². The molecule has 0 saturated carbocycles. The van der Waals surface area contributed by atoms with Crippen molar-refractivity contribution in [2.24, 2.45) is 0 Å². The molecule has 7 heteroatoms. The monoisotopic (exact) mass is 308 g/mol. The lowest BCUT2D eigenvalue weighted by molar-refractivity contribution is -0.141. The summed E-state index contributed by atoms with van der Waals surface area (Å²) in [5.74, 6) is -0.688. The van der Waals surface area contributed by atoms with Crippen molar-refractivity contribution in [2.45, 2.75) is 31.2 Å². The van der Waals surface area contributed by atoms with Crippen molar-refractivity contribution < 1.29 is 19.1 Å². The maximum absolute atomic E-state index is 12.7. The van der Waals surface area contributed by atoms with Crippen molar-refractivity contribution in [1.29, 1.82) is 0 Å². The smallest absolute Gasteiger partial charge is 0.325 e. The molecular weight excluding hydrogens is 292 g/mol. The van der Waals surface area contributed by atoms with Crippen LogP contribution in [0.1, 0.15) is 29.7 Å². The molecule has 0 bridgehead atoms. The Kier molecular flexibility index (Phi) is 3.44. The van der Waals surface area contributed by atoms with Gasteiger partial charge in [0.25, 0.3) is 5.91 Å². The van der Waals surface area contributed by atoms with Gasteiger partial charge in [0.1, 0.15) is 5.54 Å². The first-order valence-electron chi connectivity index (χ1n) is 6.86. The molecule has 1 N–H and O–H groups in total. The van der Waals surface area contributed by atoms with E-state index in [1.165, 1.54) is 7.11 Å². The van der Waals surface area contributed by atoms with E-state index in [2.05, 4.69) is 10.1 Å². The summed E-state index contributed by atoms with van der Waals surface area (Å²) in [5, 5.41) is 4.80. The third-order valence-electron chi connectivity index (χ3n) is 4.10. The van der Waals surface area contributed by atoms with Crippen LogP contribution in [0.2, 0.25) is 0 Å². The number of carbonyl (C=O) groups excluding carboxylic acids is 3. The van der Waals surface area contributed by atoms with Gasteiger partial charge in [-0.2, -0.15) is 0 Å². The Bertz CT molecular complexity index is 612. The van der Waals surface area contributed by atoms with Crippen LogP contribution in [0.5, 0.6) is 0 Å². The number of urea groups is 1. The summed E-state index contributed by atoms with van der Waals surface area (Å²) in [4.78, 5) is 38.4.